The highest BCUT2D eigenvalue weighted by molar-refractivity contribution is 5.98. The Balaban J connectivity index is 1.71. The Morgan fingerprint density at radius 2 is 1.76 bits per heavy atom. The number of rotatable bonds is 10. The van der Waals surface area contributed by atoms with Crippen molar-refractivity contribution in [3.8, 4) is 0 Å². The first-order chi connectivity index (χ1) is 20.3. The molecule has 0 aliphatic carbocycles. The molecule has 4 unspecified atom stereocenters. The monoisotopic (exact) mass is 580 g/mol. The Labute approximate surface area is 247 Å². The van der Waals surface area contributed by atoms with E-state index in [1.54, 1.807) is 22.9 Å². The van der Waals surface area contributed by atoms with Crippen molar-refractivity contribution in [2.45, 2.75) is 89.4 Å². The molecule has 1 aromatic carbocycles. The number of nitrogens with zero attached hydrogens (tertiary/aromatic N) is 3. The van der Waals surface area contributed by atoms with Crippen LogP contribution in [-0.4, -0.2) is 84.3 Å². The van der Waals surface area contributed by atoms with Crippen molar-refractivity contribution in [1.82, 2.24) is 25.6 Å². The summed E-state index contributed by atoms with van der Waals surface area (Å²) in [5.41, 5.74) is 1.64. The molecule has 0 saturated carbocycles. The number of hydrogen-bond acceptors (Lipinski definition) is 6. The van der Waals surface area contributed by atoms with Gasteiger partial charge in [0.25, 0.3) is 0 Å². The number of carbonyl (C=O) groups is 4. The Morgan fingerprint density at radius 3 is 2.50 bits per heavy atom. The summed E-state index contributed by atoms with van der Waals surface area (Å²) in [6, 6.07) is 4.30. The molecule has 0 bridgehead atoms. The van der Waals surface area contributed by atoms with Gasteiger partial charge in [-0.3, -0.25) is 19.2 Å². The number of aromatic nitrogens is 1. The van der Waals surface area contributed by atoms with Gasteiger partial charge >= 0.3 is 0 Å². The van der Waals surface area contributed by atoms with Crippen LogP contribution < -0.4 is 20.8 Å². The number of hydrogen-bond donors (Lipinski definition) is 3. The number of nitrogens with one attached hydrogen (secondary N) is 3. The molecule has 2 saturated heterocycles. The number of carbonyl (C=O) groups excluding carboxylic acids is 4. The van der Waals surface area contributed by atoms with Gasteiger partial charge in [-0.15, -0.1) is 0 Å². The Hall–Kier alpha value is -3.89. The van der Waals surface area contributed by atoms with Crippen LogP contribution in [0, 0.1) is 5.92 Å². The highest BCUT2D eigenvalue weighted by Gasteiger charge is 2.40. The first kappa shape index (κ1) is 31.1. The summed E-state index contributed by atoms with van der Waals surface area (Å²) >= 11 is 0. The fraction of sp³-hybridized carbons (Fsp3) is 0.581. The van der Waals surface area contributed by atoms with Gasteiger partial charge < -0.3 is 30.7 Å². The summed E-state index contributed by atoms with van der Waals surface area (Å²) in [5, 5.41) is 9.73. The van der Waals surface area contributed by atoms with Gasteiger partial charge in [0, 0.05) is 31.1 Å². The van der Waals surface area contributed by atoms with E-state index >= 15 is 0 Å². The van der Waals surface area contributed by atoms with E-state index in [4.69, 9.17) is 4.84 Å². The van der Waals surface area contributed by atoms with Crippen LogP contribution in [0.3, 0.4) is 0 Å². The number of para-hydroxylation sites is 1. The van der Waals surface area contributed by atoms with Gasteiger partial charge in [0.15, 0.2) is 0 Å². The average molecular weight is 581 g/mol. The molecule has 5 atom stereocenters. The van der Waals surface area contributed by atoms with Crippen LogP contribution in [0.4, 0.5) is 0 Å². The molecule has 2 aliphatic heterocycles. The van der Waals surface area contributed by atoms with Crippen LogP contribution in [0.2, 0.25) is 0 Å². The minimum absolute atomic E-state index is 0.170. The molecule has 4 amide bonds. The van der Waals surface area contributed by atoms with Gasteiger partial charge in [-0.1, -0.05) is 38.5 Å². The van der Waals surface area contributed by atoms with Crippen LogP contribution in [0.5, 0.6) is 0 Å². The SMILES string of the molecule is C=NCCCCC1NC(=O)C2CCCCN2C(=O)C([C@@H](C)CC)NC(=O)C(Cc2cn(OC)c3ccccc23)NC1=O. The Morgan fingerprint density at radius 1 is 1.02 bits per heavy atom. The van der Waals surface area contributed by atoms with E-state index in [1.165, 1.54) is 0 Å². The maximum atomic E-state index is 14.0. The molecule has 11 heteroatoms. The fourth-order valence-corrected chi connectivity index (χ4v) is 5.93. The maximum Gasteiger partial charge on any atom is 0.246 e. The van der Waals surface area contributed by atoms with Crippen molar-refractivity contribution in [1.29, 1.82) is 0 Å². The molecule has 1 aromatic heterocycles. The normalized spacial score (nSPS) is 24.5. The smallest absolute Gasteiger partial charge is 0.246 e. The summed E-state index contributed by atoms with van der Waals surface area (Å²) in [5.74, 6) is -1.63. The third-order valence-corrected chi connectivity index (χ3v) is 8.57. The maximum absolute atomic E-state index is 14.0. The Kier molecular flexibility index (Phi) is 10.6. The lowest BCUT2D eigenvalue weighted by Gasteiger charge is -2.39. The predicted molar refractivity (Wildman–Crippen MR) is 161 cm³/mol. The van der Waals surface area contributed by atoms with Crippen LogP contribution in [-0.2, 0) is 25.6 Å². The number of aliphatic imine (C=N–C) groups is 1. The average Bonchev–Trinajstić information content (AvgIpc) is 3.36. The number of amides is 4. The molecule has 3 N–H and O–H groups in total. The molecule has 2 aliphatic rings. The first-order valence-corrected chi connectivity index (χ1v) is 15.1. The van der Waals surface area contributed by atoms with Crippen LogP contribution in [0.15, 0.2) is 35.5 Å². The molecule has 42 heavy (non-hydrogen) atoms. The topological polar surface area (TPSA) is 134 Å². The number of benzene rings is 1. The van der Waals surface area contributed by atoms with E-state index in [2.05, 4.69) is 27.7 Å². The molecule has 228 valence electrons. The second-order valence-electron chi connectivity index (χ2n) is 11.4. The number of piperidine rings is 1. The van der Waals surface area contributed by atoms with Crippen LogP contribution in [0.25, 0.3) is 10.9 Å². The summed E-state index contributed by atoms with van der Waals surface area (Å²) in [4.78, 5) is 66.3. The lowest BCUT2D eigenvalue weighted by atomic mass is 9.93. The molecule has 0 spiro atoms. The molecule has 2 aromatic rings. The van der Waals surface area contributed by atoms with Crippen LogP contribution >= 0.6 is 0 Å². The minimum Gasteiger partial charge on any atom is -0.417 e. The van der Waals surface area contributed by atoms with Gasteiger partial charge in [0.05, 0.1) is 5.52 Å². The highest BCUT2D eigenvalue weighted by atomic mass is 16.6. The van der Waals surface area contributed by atoms with Gasteiger partial charge in [0.1, 0.15) is 31.3 Å². The zero-order chi connectivity index (χ0) is 30.2. The number of unbranched alkanes of at least 4 members (excludes halogenated alkanes) is 1. The summed E-state index contributed by atoms with van der Waals surface area (Å²) < 4.78 is 1.62. The second-order valence-corrected chi connectivity index (χ2v) is 11.4. The highest BCUT2D eigenvalue weighted by Crippen LogP contribution is 2.24. The van der Waals surface area contributed by atoms with E-state index in [0.29, 0.717) is 45.2 Å². The second kappa shape index (κ2) is 14.3. The first-order valence-electron chi connectivity index (χ1n) is 15.1. The summed E-state index contributed by atoms with van der Waals surface area (Å²) in [6.07, 6.45) is 6.46. The number of fused-ring (bicyclic) bond motifs is 2. The Bertz CT molecular complexity index is 1290. The largest absolute Gasteiger partial charge is 0.417 e. The van der Waals surface area contributed by atoms with E-state index in [-0.39, 0.29) is 24.2 Å². The molecule has 2 fully saturated rings. The third-order valence-electron chi connectivity index (χ3n) is 8.57. The van der Waals surface area contributed by atoms with Gasteiger partial charge in [0.2, 0.25) is 23.6 Å². The van der Waals surface area contributed by atoms with Crippen molar-refractivity contribution in [2.24, 2.45) is 10.9 Å². The molecular formula is C31H44N6O5. The zero-order valence-corrected chi connectivity index (χ0v) is 24.9. The molecule has 3 heterocycles. The van der Waals surface area contributed by atoms with Crippen molar-refractivity contribution in [2.75, 3.05) is 20.2 Å². The van der Waals surface area contributed by atoms with E-state index in [1.807, 2.05) is 38.1 Å². The van der Waals surface area contributed by atoms with Crippen molar-refractivity contribution < 1.29 is 24.0 Å². The molecule has 11 nitrogen and oxygen atoms in total. The predicted octanol–water partition coefficient (Wildman–Crippen LogP) is 2.01. The van der Waals surface area contributed by atoms with Gasteiger partial charge in [-0.25, -0.2) is 0 Å². The zero-order valence-electron chi connectivity index (χ0n) is 24.9. The van der Waals surface area contributed by atoms with E-state index in [9.17, 15) is 19.2 Å². The lowest BCUT2D eigenvalue weighted by Crippen LogP contribution is -2.64. The van der Waals surface area contributed by atoms with Gasteiger partial charge in [-0.05, 0) is 62.8 Å². The van der Waals surface area contributed by atoms with E-state index < -0.39 is 36.0 Å². The van der Waals surface area contributed by atoms with Gasteiger partial charge in [-0.2, -0.15) is 4.73 Å². The molecule has 4 rings (SSSR count). The van der Waals surface area contributed by atoms with Crippen LogP contribution in [0.1, 0.15) is 64.4 Å². The quantitative estimate of drug-likeness (QED) is 0.292. The molecule has 0 radical (unpaired) electrons. The van der Waals surface area contributed by atoms with Crippen molar-refractivity contribution in [3.05, 3.63) is 36.0 Å². The molecular weight excluding hydrogens is 536 g/mol. The third kappa shape index (κ3) is 6.94. The standard InChI is InChI=1S/C31H44N6O5/c1-5-20(2)27-31(41)36-17-11-9-15-26(36)30(40)33-23(13-8-10-16-32-3)28(38)34-24(29(39)35-27)18-21-19-37(42-4)25-14-7-6-12-22(21)25/h6-7,12,14,19-20,23-24,26-27H,3,5,8-11,13,15-18H2,1-2,4H3,(H,33,40)(H,34,38)(H,35,39)/t20-,23?,24?,26?,27?/m0/s1. The fourth-order valence-electron chi connectivity index (χ4n) is 5.93. The van der Waals surface area contributed by atoms with Crippen molar-refractivity contribution in [3.63, 3.8) is 0 Å². The minimum atomic E-state index is -0.987. The van der Waals surface area contributed by atoms with Crippen molar-refractivity contribution >= 4 is 41.2 Å². The summed E-state index contributed by atoms with van der Waals surface area (Å²) in [6.45, 7) is 8.38. The summed E-state index contributed by atoms with van der Waals surface area (Å²) in [7, 11) is 1.56. The van der Waals surface area contributed by atoms with E-state index in [0.717, 1.165) is 29.3 Å². The lowest BCUT2D eigenvalue weighted by molar-refractivity contribution is -0.147.